The second-order valence-electron chi connectivity index (χ2n) is 8.79. The lowest BCUT2D eigenvalue weighted by molar-refractivity contribution is -0.114. The molecule has 0 saturated carbocycles. The molecule has 2 heterocycles. The smallest absolute Gasteiger partial charge is 0.289 e. The summed E-state index contributed by atoms with van der Waals surface area (Å²) in [6.07, 6.45) is 0. The first-order chi connectivity index (χ1) is 15.7. The van der Waals surface area contributed by atoms with Crippen molar-refractivity contribution < 1.29 is 18.8 Å². The summed E-state index contributed by atoms with van der Waals surface area (Å²) in [5.74, 6) is -2.20. The lowest BCUT2D eigenvalue weighted by atomic mass is 10.0. The maximum atomic E-state index is 13.6. The molecule has 1 aliphatic rings. The molecule has 4 rings (SSSR count). The molecule has 0 bridgehead atoms. The van der Waals surface area contributed by atoms with Crippen molar-refractivity contribution in [2.24, 2.45) is 5.73 Å². The van der Waals surface area contributed by atoms with Gasteiger partial charge in [0, 0.05) is 53.9 Å². The number of aryl methyl sites for hydroxylation is 1. The zero-order chi connectivity index (χ0) is 23.9. The van der Waals surface area contributed by atoms with Crippen molar-refractivity contribution in [2.45, 2.75) is 39.4 Å². The number of rotatable bonds is 5. The van der Waals surface area contributed by atoms with E-state index in [0.29, 0.717) is 41.8 Å². The Morgan fingerprint density at radius 1 is 1.06 bits per heavy atom. The summed E-state index contributed by atoms with van der Waals surface area (Å²) in [4.78, 5) is 44.4. The average molecular weight is 451 g/mol. The summed E-state index contributed by atoms with van der Waals surface area (Å²) in [7, 11) is 0. The molecular weight excluding hydrogens is 423 g/mol. The Hall–Kier alpha value is -3.52. The van der Waals surface area contributed by atoms with Crippen molar-refractivity contribution in [1.82, 2.24) is 14.8 Å². The van der Waals surface area contributed by atoms with E-state index in [0.717, 1.165) is 5.56 Å². The molecule has 3 aromatic rings. The van der Waals surface area contributed by atoms with E-state index in [4.69, 9.17) is 5.73 Å². The molecule has 2 atom stereocenters. The SMILES string of the molecule is Cc1[nH]c2ccc(C(=O)C(N)=O)cc2c1C(=O)N1CC(C)N(Cc2ccc(F)cc2)CC1C. The fourth-order valence-electron chi connectivity index (χ4n) is 4.56. The van der Waals surface area contributed by atoms with E-state index in [2.05, 4.69) is 16.8 Å². The van der Waals surface area contributed by atoms with Gasteiger partial charge in [0.2, 0.25) is 5.78 Å². The Labute approximate surface area is 191 Å². The Balaban J connectivity index is 1.58. The van der Waals surface area contributed by atoms with Crippen molar-refractivity contribution in [3.05, 3.63) is 70.7 Å². The number of fused-ring (bicyclic) bond motifs is 1. The van der Waals surface area contributed by atoms with Crippen molar-refractivity contribution in [2.75, 3.05) is 13.1 Å². The predicted molar refractivity (Wildman–Crippen MR) is 123 cm³/mol. The maximum absolute atomic E-state index is 13.6. The Bertz CT molecular complexity index is 1230. The molecule has 0 aliphatic carbocycles. The van der Waals surface area contributed by atoms with E-state index < -0.39 is 11.7 Å². The molecule has 0 radical (unpaired) electrons. The first-order valence-corrected chi connectivity index (χ1v) is 10.9. The van der Waals surface area contributed by atoms with Crippen molar-refractivity contribution in [3.63, 3.8) is 0 Å². The third kappa shape index (κ3) is 4.39. The van der Waals surface area contributed by atoms with Gasteiger partial charge in [-0.15, -0.1) is 0 Å². The van der Waals surface area contributed by atoms with Crippen LogP contribution in [0.15, 0.2) is 42.5 Å². The van der Waals surface area contributed by atoms with E-state index in [1.54, 1.807) is 24.3 Å². The number of aromatic nitrogens is 1. The summed E-state index contributed by atoms with van der Waals surface area (Å²) in [6.45, 7) is 7.79. The van der Waals surface area contributed by atoms with E-state index in [-0.39, 0.29) is 29.4 Å². The van der Waals surface area contributed by atoms with Crippen LogP contribution < -0.4 is 5.73 Å². The number of benzene rings is 2. The second-order valence-corrected chi connectivity index (χ2v) is 8.79. The van der Waals surface area contributed by atoms with Crippen molar-refractivity contribution in [3.8, 4) is 0 Å². The highest BCUT2D eigenvalue weighted by molar-refractivity contribution is 6.42. The molecule has 7 nitrogen and oxygen atoms in total. The second kappa shape index (κ2) is 8.78. The number of carbonyl (C=O) groups is 3. The van der Waals surface area contributed by atoms with Gasteiger partial charge in [0.1, 0.15) is 5.82 Å². The molecule has 2 amide bonds. The van der Waals surface area contributed by atoms with Crippen LogP contribution in [-0.2, 0) is 11.3 Å². The lowest BCUT2D eigenvalue weighted by Crippen LogP contribution is -2.57. The summed E-state index contributed by atoms with van der Waals surface area (Å²) >= 11 is 0. The fraction of sp³-hybridized carbons (Fsp3) is 0.320. The zero-order valence-corrected chi connectivity index (χ0v) is 18.9. The molecule has 8 heteroatoms. The number of hydrogen-bond acceptors (Lipinski definition) is 4. The van der Waals surface area contributed by atoms with Gasteiger partial charge in [-0.25, -0.2) is 4.39 Å². The number of nitrogens with two attached hydrogens (primary N) is 1. The van der Waals surface area contributed by atoms with Gasteiger partial charge in [-0.1, -0.05) is 12.1 Å². The molecule has 1 fully saturated rings. The molecule has 1 saturated heterocycles. The number of Topliss-reactive ketones (excluding diaryl/α,β-unsaturated/α-hetero) is 1. The molecule has 2 aromatic carbocycles. The minimum atomic E-state index is -1.03. The quantitative estimate of drug-likeness (QED) is 0.461. The first-order valence-electron chi connectivity index (χ1n) is 10.9. The van der Waals surface area contributed by atoms with E-state index in [1.165, 1.54) is 18.2 Å². The molecule has 1 aromatic heterocycles. The third-order valence-electron chi connectivity index (χ3n) is 6.36. The van der Waals surface area contributed by atoms with Crippen molar-refractivity contribution in [1.29, 1.82) is 0 Å². The van der Waals surface area contributed by atoms with Crippen LogP contribution in [0.2, 0.25) is 0 Å². The number of carbonyl (C=O) groups excluding carboxylic acids is 3. The number of hydrogen-bond donors (Lipinski definition) is 2. The monoisotopic (exact) mass is 450 g/mol. The summed E-state index contributed by atoms with van der Waals surface area (Å²) in [5, 5.41) is 0.596. The van der Waals surface area contributed by atoms with Gasteiger partial charge in [0.05, 0.1) is 5.56 Å². The van der Waals surface area contributed by atoms with Gasteiger partial charge < -0.3 is 15.6 Å². The van der Waals surface area contributed by atoms with E-state index in [1.807, 2.05) is 18.7 Å². The highest BCUT2D eigenvalue weighted by Crippen LogP contribution is 2.28. The van der Waals surface area contributed by atoms with Gasteiger partial charge in [0.15, 0.2) is 0 Å². The maximum Gasteiger partial charge on any atom is 0.289 e. The fourth-order valence-corrected chi connectivity index (χ4v) is 4.56. The number of nitrogens with zero attached hydrogens (tertiary/aromatic N) is 2. The molecule has 2 unspecified atom stereocenters. The molecular formula is C25H27FN4O3. The van der Waals surface area contributed by atoms with E-state index >= 15 is 0 Å². The van der Waals surface area contributed by atoms with Gasteiger partial charge >= 0.3 is 0 Å². The van der Waals surface area contributed by atoms with Gasteiger partial charge in [-0.3, -0.25) is 19.3 Å². The summed E-state index contributed by atoms with van der Waals surface area (Å²) < 4.78 is 13.2. The first kappa shape index (κ1) is 22.7. The van der Waals surface area contributed by atoms with Crippen LogP contribution in [0.4, 0.5) is 4.39 Å². The Morgan fingerprint density at radius 3 is 2.42 bits per heavy atom. The van der Waals surface area contributed by atoms with Crippen LogP contribution >= 0.6 is 0 Å². The molecule has 3 N–H and O–H groups in total. The largest absolute Gasteiger partial charge is 0.363 e. The van der Waals surface area contributed by atoms with Crippen molar-refractivity contribution >= 4 is 28.5 Å². The van der Waals surface area contributed by atoms with Crippen LogP contribution in [0.5, 0.6) is 0 Å². The number of aromatic amines is 1. The number of H-pyrrole nitrogens is 1. The Morgan fingerprint density at radius 2 is 1.76 bits per heavy atom. The topological polar surface area (TPSA) is 99.5 Å². The van der Waals surface area contributed by atoms with Crippen LogP contribution in [-0.4, -0.2) is 57.6 Å². The third-order valence-corrected chi connectivity index (χ3v) is 6.36. The minimum Gasteiger partial charge on any atom is -0.363 e. The Kier molecular flexibility index (Phi) is 6.03. The standard InChI is InChI=1S/C25H27FN4O3/c1-14-12-30(15(2)11-29(14)13-17-4-7-19(26)8-5-17)25(33)22-16(3)28-21-9-6-18(10-20(21)22)23(31)24(27)32/h4-10,14-15,28H,11-13H2,1-3H3,(H2,27,32). The number of piperazine rings is 1. The summed E-state index contributed by atoms with van der Waals surface area (Å²) in [6, 6.07) is 11.3. The number of halogens is 1. The van der Waals surface area contributed by atoms with Gasteiger partial charge in [-0.05, 0) is 56.7 Å². The van der Waals surface area contributed by atoms with Crippen LogP contribution in [0, 0.1) is 12.7 Å². The molecule has 172 valence electrons. The molecule has 0 spiro atoms. The normalized spacial score (nSPS) is 19.1. The predicted octanol–water partition coefficient (Wildman–Crippen LogP) is 3.02. The average Bonchev–Trinajstić information content (AvgIpc) is 3.11. The van der Waals surface area contributed by atoms with Crippen LogP contribution in [0.1, 0.15) is 45.8 Å². The summed E-state index contributed by atoms with van der Waals surface area (Å²) in [5.41, 5.74) is 8.24. The van der Waals surface area contributed by atoms with Crippen LogP contribution in [0.25, 0.3) is 10.9 Å². The number of amides is 2. The van der Waals surface area contributed by atoms with E-state index in [9.17, 15) is 18.8 Å². The highest BCUT2D eigenvalue weighted by atomic mass is 19.1. The van der Waals surface area contributed by atoms with Crippen LogP contribution in [0.3, 0.4) is 0 Å². The minimum absolute atomic E-state index is 0.0473. The number of nitrogens with one attached hydrogen (secondary N) is 1. The number of ketones is 1. The zero-order valence-electron chi connectivity index (χ0n) is 18.9. The highest BCUT2D eigenvalue weighted by Gasteiger charge is 2.34. The molecule has 33 heavy (non-hydrogen) atoms. The number of primary amides is 1. The molecule has 1 aliphatic heterocycles. The lowest BCUT2D eigenvalue weighted by Gasteiger charge is -2.44. The van der Waals surface area contributed by atoms with Gasteiger partial charge in [-0.2, -0.15) is 0 Å². The van der Waals surface area contributed by atoms with Gasteiger partial charge in [0.25, 0.3) is 11.8 Å².